The summed E-state index contributed by atoms with van der Waals surface area (Å²) >= 11 is 0. The predicted molar refractivity (Wildman–Crippen MR) is 115 cm³/mol. The Bertz CT molecular complexity index is 987. The van der Waals surface area contributed by atoms with Crippen LogP contribution in [-0.4, -0.2) is 22.0 Å². The molecule has 0 unspecified atom stereocenters. The minimum absolute atomic E-state index is 0.0537. The summed E-state index contributed by atoms with van der Waals surface area (Å²) in [4.78, 5) is 16.6. The van der Waals surface area contributed by atoms with E-state index in [4.69, 9.17) is 0 Å². The lowest BCUT2D eigenvalue weighted by atomic mass is 9.88. The van der Waals surface area contributed by atoms with E-state index in [1.165, 1.54) is 11.1 Å². The molecule has 4 rings (SSSR count). The van der Waals surface area contributed by atoms with Crippen molar-refractivity contribution in [2.75, 3.05) is 6.54 Å². The second-order valence-electron chi connectivity index (χ2n) is 6.94. The summed E-state index contributed by atoms with van der Waals surface area (Å²) in [5.41, 5.74) is 4.16. The Hall–Kier alpha value is -3.66. The third-order valence-electron chi connectivity index (χ3n) is 5.05. The van der Waals surface area contributed by atoms with Crippen LogP contribution in [0.3, 0.4) is 0 Å². The molecule has 0 bridgehead atoms. The van der Waals surface area contributed by atoms with Crippen LogP contribution in [0.2, 0.25) is 0 Å². The van der Waals surface area contributed by atoms with Crippen LogP contribution in [0.4, 0.5) is 0 Å². The summed E-state index contributed by atoms with van der Waals surface area (Å²) in [6.07, 6.45) is 6.19. The van der Waals surface area contributed by atoms with Crippen LogP contribution in [0.5, 0.6) is 0 Å². The molecule has 1 aromatic heterocycles. The Balaban J connectivity index is 1.40. The fourth-order valence-electron chi connectivity index (χ4n) is 3.53. The number of nitrogens with zero attached hydrogens (tertiary/aromatic N) is 2. The van der Waals surface area contributed by atoms with Gasteiger partial charge in [0.2, 0.25) is 0 Å². The Morgan fingerprint density at radius 2 is 1.48 bits per heavy atom. The van der Waals surface area contributed by atoms with Gasteiger partial charge in [0.05, 0.1) is 6.33 Å². The van der Waals surface area contributed by atoms with E-state index >= 15 is 0 Å². The summed E-state index contributed by atoms with van der Waals surface area (Å²) in [5, 5.41) is 3.07. The highest BCUT2D eigenvalue weighted by Gasteiger charge is 2.14. The van der Waals surface area contributed by atoms with E-state index in [-0.39, 0.29) is 11.8 Å². The molecule has 1 N–H and O–H groups in total. The first-order valence-corrected chi connectivity index (χ1v) is 9.78. The maximum absolute atomic E-state index is 12.6. The number of carbonyl (C=O) groups is 1. The Morgan fingerprint density at radius 3 is 2.03 bits per heavy atom. The third-order valence-corrected chi connectivity index (χ3v) is 5.05. The number of carbonyl (C=O) groups excluding carboxylic acids is 1. The summed E-state index contributed by atoms with van der Waals surface area (Å²) in [7, 11) is 0. The zero-order chi connectivity index (χ0) is 19.9. The third kappa shape index (κ3) is 4.61. The summed E-state index contributed by atoms with van der Waals surface area (Å²) in [6.45, 7) is 0.608. The average molecular weight is 381 g/mol. The minimum atomic E-state index is -0.0537. The molecule has 0 aliphatic rings. The van der Waals surface area contributed by atoms with E-state index in [1.54, 1.807) is 12.5 Å². The molecular formula is C25H23N3O. The quantitative estimate of drug-likeness (QED) is 0.499. The van der Waals surface area contributed by atoms with Crippen molar-refractivity contribution < 1.29 is 4.79 Å². The lowest BCUT2D eigenvalue weighted by molar-refractivity contribution is 0.0953. The van der Waals surface area contributed by atoms with Gasteiger partial charge in [-0.15, -0.1) is 0 Å². The number of hydrogen-bond acceptors (Lipinski definition) is 2. The standard InChI is InChI=1S/C25H23N3O/c29-25(22-11-13-23(14-12-22)28-18-17-26-19-28)27-16-15-24(20-7-3-1-4-8-20)21-9-5-2-6-10-21/h1-14,17-19,24H,15-16H2,(H,27,29). The Morgan fingerprint density at radius 1 is 0.862 bits per heavy atom. The van der Waals surface area contributed by atoms with E-state index in [0.29, 0.717) is 12.1 Å². The van der Waals surface area contributed by atoms with Crippen LogP contribution < -0.4 is 5.32 Å². The van der Waals surface area contributed by atoms with E-state index in [2.05, 4.69) is 58.8 Å². The topological polar surface area (TPSA) is 46.9 Å². The maximum atomic E-state index is 12.6. The van der Waals surface area contributed by atoms with E-state index in [0.717, 1.165) is 12.1 Å². The van der Waals surface area contributed by atoms with Gasteiger partial charge in [-0.05, 0) is 41.8 Å². The van der Waals surface area contributed by atoms with Gasteiger partial charge in [-0.1, -0.05) is 60.7 Å². The van der Waals surface area contributed by atoms with Crippen molar-refractivity contribution in [1.82, 2.24) is 14.9 Å². The molecule has 0 spiro atoms. The van der Waals surface area contributed by atoms with Gasteiger partial charge in [-0.2, -0.15) is 0 Å². The van der Waals surface area contributed by atoms with Crippen molar-refractivity contribution >= 4 is 5.91 Å². The van der Waals surface area contributed by atoms with Gasteiger partial charge >= 0.3 is 0 Å². The van der Waals surface area contributed by atoms with E-state index in [9.17, 15) is 4.79 Å². The van der Waals surface area contributed by atoms with Crippen LogP contribution in [0, 0.1) is 0 Å². The van der Waals surface area contributed by atoms with E-state index < -0.39 is 0 Å². The zero-order valence-electron chi connectivity index (χ0n) is 16.1. The van der Waals surface area contributed by atoms with Crippen molar-refractivity contribution in [3.63, 3.8) is 0 Å². The van der Waals surface area contributed by atoms with Gasteiger partial charge < -0.3 is 9.88 Å². The monoisotopic (exact) mass is 381 g/mol. The maximum Gasteiger partial charge on any atom is 0.251 e. The van der Waals surface area contributed by atoms with Crippen molar-refractivity contribution in [2.24, 2.45) is 0 Å². The van der Waals surface area contributed by atoms with Crippen molar-refractivity contribution in [3.05, 3.63) is 120 Å². The second kappa shape index (κ2) is 9.02. The van der Waals surface area contributed by atoms with Crippen LogP contribution >= 0.6 is 0 Å². The zero-order valence-corrected chi connectivity index (χ0v) is 16.1. The van der Waals surface area contributed by atoms with Gasteiger partial charge in [0.25, 0.3) is 5.91 Å². The average Bonchev–Trinajstić information content (AvgIpc) is 3.33. The summed E-state index contributed by atoms with van der Waals surface area (Å²) in [6, 6.07) is 28.4. The highest BCUT2D eigenvalue weighted by molar-refractivity contribution is 5.94. The fourth-order valence-corrected chi connectivity index (χ4v) is 3.53. The number of benzene rings is 3. The van der Waals surface area contributed by atoms with Crippen LogP contribution in [0.25, 0.3) is 5.69 Å². The van der Waals surface area contributed by atoms with Crippen LogP contribution in [0.1, 0.15) is 33.8 Å². The Labute approximate surface area is 170 Å². The van der Waals surface area contributed by atoms with Crippen molar-refractivity contribution in [1.29, 1.82) is 0 Å². The first-order valence-electron chi connectivity index (χ1n) is 9.78. The van der Waals surface area contributed by atoms with Crippen molar-refractivity contribution in [3.8, 4) is 5.69 Å². The molecule has 3 aromatic carbocycles. The SMILES string of the molecule is O=C(NCCC(c1ccccc1)c1ccccc1)c1ccc(-n2ccnc2)cc1. The molecule has 1 amide bonds. The van der Waals surface area contributed by atoms with Gasteiger partial charge in [0.15, 0.2) is 0 Å². The van der Waals surface area contributed by atoms with Gasteiger partial charge in [-0.25, -0.2) is 4.98 Å². The molecule has 0 aliphatic carbocycles. The first kappa shape index (κ1) is 18.7. The molecule has 144 valence electrons. The first-order chi connectivity index (χ1) is 14.3. The molecule has 0 aliphatic heterocycles. The van der Waals surface area contributed by atoms with Crippen LogP contribution in [0.15, 0.2) is 104 Å². The number of nitrogens with one attached hydrogen (secondary N) is 1. The van der Waals surface area contributed by atoms with Gasteiger partial charge in [-0.3, -0.25) is 4.79 Å². The lowest BCUT2D eigenvalue weighted by Crippen LogP contribution is -2.25. The van der Waals surface area contributed by atoms with Crippen LogP contribution in [-0.2, 0) is 0 Å². The van der Waals surface area contributed by atoms with Gasteiger partial charge in [0.1, 0.15) is 0 Å². The molecule has 4 nitrogen and oxygen atoms in total. The lowest BCUT2D eigenvalue weighted by Gasteiger charge is -2.18. The smallest absolute Gasteiger partial charge is 0.251 e. The predicted octanol–water partition coefficient (Wildman–Crippen LogP) is 4.82. The molecule has 29 heavy (non-hydrogen) atoms. The highest BCUT2D eigenvalue weighted by Crippen LogP contribution is 2.27. The van der Waals surface area contributed by atoms with E-state index in [1.807, 2.05) is 47.2 Å². The highest BCUT2D eigenvalue weighted by atomic mass is 16.1. The molecule has 0 atom stereocenters. The second-order valence-corrected chi connectivity index (χ2v) is 6.94. The van der Waals surface area contributed by atoms with Gasteiger partial charge in [0, 0.05) is 36.1 Å². The molecular weight excluding hydrogens is 358 g/mol. The molecule has 1 heterocycles. The molecule has 0 saturated carbocycles. The number of imidazole rings is 1. The summed E-state index contributed by atoms with van der Waals surface area (Å²) in [5.74, 6) is 0.198. The molecule has 0 fully saturated rings. The fraction of sp³-hybridized carbons (Fsp3) is 0.120. The Kier molecular flexibility index (Phi) is 5.81. The van der Waals surface area contributed by atoms with Crippen molar-refractivity contribution in [2.45, 2.75) is 12.3 Å². The normalized spacial score (nSPS) is 10.8. The minimum Gasteiger partial charge on any atom is -0.352 e. The summed E-state index contributed by atoms with van der Waals surface area (Å²) < 4.78 is 1.91. The number of hydrogen-bond donors (Lipinski definition) is 1. The largest absolute Gasteiger partial charge is 0.352 e. The molecule has 0 radical (unpaired) electrons. The number of aromatic nitrogens is 2. The molecule has 4 heteroatoms. The molecule has 0 saturated heterocycles. The molecule has 4 aromatic rings. The number of amides is 1. The number of rotatable bonds is 7.